The summed E-state index contributed by atoms with van der Waals surface area (Å²) >= 11 is 0. The van der Waals surface area contributed by atoms with E-state index in [1.807, 2.05) is 6.07 Å². The van der Waals surface area contributed by atoms with Crippen LogP contribution in [0.15, 0.2) is 40.8 Å². The Kier molecular flexibility index (Phi) is 9.02. The third-order valence-electron chi connectivity index (χ3n) is 7.55. The largest absolute Gasteiger partial charge is 0.480 e. The van der Waals surface area contributed by atoms with Crippen molar-refractivity contribution in [2.75, 3.05) is 5.32 Å². The predicted molar refractivity (Wildman–Crippen MR) is 150 cm³/mol. The number of hydrogen-bond donors (Lipinski definition) is 1. The van der Waals surface area contributed by atoms with Gasteiger partial charge in [-0.1, -0.05) is 67.0 Å². The number of amides is 1. The highest BCUT2D eigenvalue weighted by Crippen LogP contribution is 2.39. The summed E-state index contributed by atoms with van der Waals surface area (Å²) in [5, 5.41) is 3.01. The number of benzene rings is 2. The summed E-state index contributed by atoms with van der Waals surface area (Å²) in [5.74, 6) is 0.957. The lowest BCUT2D eigenvalue weighted by atomic mass is 9.76. The zero-order valence-corrected chi connectivity index (χ0v) is 23.4. The first kappa shape index (κ1) is 28.2. The van der Waals surface area contributed by atoms with E-state index in [9.17, 15) is 4.79 Å². The van der Waals surface area contributed by atoms with Crippen molar-refractivity contribution in [3.63, 3.8) is 0 Å². The minimum atomic E-state index is -0.625. The highest BCUT2D eigenvalue weighted by molar-refractivity contribution is 5.95. The lowest BCUT2D eigenvalue weighted by Crippen LogP contribution is -2.34. The van der Waals surface area contributed by atoms with Crippen molar-refractivity contribution in [1.29, 1.82) is 0 Å². The van der Waals surface area contributed by atoms with Gasteiger partial charge in [0.05, 0.1) is 0 Å². The van der Waals surface area contributed by atoms with Crippen molar-refractivity contribution in [3.05, 3.63) is 64.8 Å². The quantitative estimate of drug-likeness (QED) is 0.253. The van der Waals surface area contributed by atoms with Gasteiger partial charge in [-0.15, -0.1) is 0 Å². The maximum atomic E-state index is 13.4. The summed E-state index contributed by atoms with van der Waals surface area (Å²) in [5.41, 5.74) is 4.21. The molecule has 0 aliphatic heterocycles. The van der Waals surface area contributed by atoms with Gasteiger partial charge in [-0.05, 0) is 60.3 Å². The predicted octanol–water partition coefficient (Wildman–Crippen LogP) is 8.20. The van der Waals surface area contributed by atoms with Gasteiger partial charge in [0.1, 0.15) is 11.3 Å². The number of unbranched alkanes of at least 4 members (excludes halogenated alkanes) is 1. The number of oxazole rings is 1. The van der Waals surface area contributed by atoms with Crippen molar-refractivity contribution in [3.8, 4) is 5.75 Å². The summed E-state index contributed by atoms with van der Waals surface area (Å²) in [7, 11) is 0. The van der Waals surface area contributed by atoms with Gasteiger partial charge < -0.3 is 19.3 Å². The molecule has 3 rings (SSSR count). The third kappa shape index (κ3) is 6.71. The van der Waals surface area contributed by atoms with Crippen LogP contribution < -0.4 is 10.1 Å². The van der Waals surface area contributed by atoms with E-state index in [1.165, 1.54) is 5.56 Å². The Hall–Kier alpha value is -3.33. The van der Waals surface area contributed by atoms with Gasteiger partial charge in [0, 0.05) is 17.3 Å². The van der Waals surface area contributed by atoms with Gasteiger partial charge in [-0.25, -0.2) is 11.6 Å². The molecule has 0 fully saturated rings. The van der Waals surface area contributed by atoms with Crippen molar-refractivity contribution >= 4 is 22.7 Å². The van der Waals surface area contributed by atoms with Crippen LogP contribution in [0.1, 0.15) is 97.6 Å². The molecule has 37 heavy (non-hydrogen) atoms. The van der Waals surface area contributed by atoms with Crippen LogP contribution in [-0.4, -0.2) is 17.0 Å². The normalized spacial score (nSPS) is 12.8. The van der Waals surface area contributed by atoms with E-state index in [0.717, 1.165) is 37.0 Å². The second kappa shape index (κ2) is 11.8. The van der Waals surface area contributed by atoms with Gasteiger partial charge in [-0.3, -0.25) is 4.79 Å². The number of ether oxygens (including phenoxy) is 1. The molecule has 1 amide bonds. The van der Waals surface area contributed by atoms with E-state index < -0.39 is 6.10 Å². The van der Waals surface area contributed by atoms with Crippen molar-refractivity contribution in [2.24, 2.45) is 0 Å². The van der Waals surface area contributed by atoms with Gasteiger partial charge in [0.2, 0.25) is 0 Å². The first-order chi connectivity index (χ1) is 17.5. The molecule has 6 nitrogen and oxygen atoms in total. The van der Waals surface area contributed by atoms with Crippen LogP contribution in [0.3, 0.4) is 0 Å². The van der Waals surface area contributed by atoms with Crippen LogP contribution in [-0.2, 0) is 22.2 Å². The Morgan fingerprint density at radius 3 is 2.46 bits per heavy atom. The lowest BCUT2D eigenvalue weighted by Gasteiger charge is -2.31. The molecule has 6 heteroatoms. The molecule has 1 unspecified atom stereocenters. The fourth-order valence-electron chi connectivity index (χ4n) is 4.17. The van der Waals surface area contributed by atoms with E-state index in [4.69, 9.17) is 15.7 Å². The zero-order chi connectivity index (χ0) is 27.2. The molecule has 2 aromatic carbocycles. The highest BCUT2D eigenvalue weighted by atomic mass is 16.5. The first-order valence-electron chi connectivity index (χ1n) is 13.4. The fraction of sp³-hybridized carbons (Fsp3) is 0.516. The van der Waals surface area contributed by atoms with E-state index >= 15 is 0 Å². The summed E-state index contributed by atoms with van der Waals surface area (Å²) in [6.07, 6.45) is 3.84. The van der Waals surface area contributed by atoms with Gasteiger partial charge in [0.15, 0.2) is 11.7 Å². The highest BCUT2D eigenvalue weighted by Gasteiger charge is 2.29. The minimum absolute atomic E-state index is 0.0596. The van der Waals surface area contributed by atoms with E-state index in [-0.39, 0.29) is 23.3 Å². The molecule has 1 aromatic heterocycles. The molecule has 0 radical (unpaired) electrons. The topological polar surface area (TPSA) is 68.7 Å². The molecule has 0 bridgehead atoms. The summed E-state index contributed by atoms with van der Waals surface area (Å²) < 4.78 is 12.2. The molecule has 1 atom stereocenters. The number of fused-ring (bicyclic) bond motifs is 1. The molecule has 1 heterocycles. The summed E-state index contributed by atoms with van der Waals surface area (Å²) in [6, 6.07) is 11.8. The molecule has 0 aliphatic carbocycles. The number of carbonyl (C=O) groups excluding carboxylic acids is 1. The first-order valence-corrected chi connectivity index (χ1v) is 13.4. The Morgan fingerprint density at radius 1 is 1.08 bits per heavy atom. The third-order valence-corrected chi connectivity index (χ3v) is 7.55. The maximum Gasteiger partial charge on any atom is 0.289 e. The Morgan fingerprint density at radius 2 is 1.81 bits per heavy atom. The summed E-state index contributed by atoms with van der Waals surface area (Å²) in [6.45, 7) is 22.6. The van der Waals surface area contributed by atoms with E-state index in [1.54, 1.807) is 18.2 Å². The average Bonchev–Trinajstić information content (AvgIpc) is 3.28. The van der Waals surface area contributed by atoms with Crippen LogP contribution in [0.2, 0.25) is 0 Å². The standard InChI is InChI=1S/C31H41N3O3/c1-9-12-13-26(29(35)33-22-15-16-24-27(19-22)37-28(34-24)20-32-8)36-25-17-14-21(30(4,5)10-2)18-23(25)31(6,7)11-3/h14-19,26H,9-13,20H2,1-7H3,(H,33,35). The monoisotopic (exact) mass is 503 g/mol. The number of aromatic nitrogens is 1. The van der Waals surface area contributed by atoms with Gasteiger partial charge in [-0.2, -0.15) is 0 Å². The zero-order valence-electron chi connectivity index (χ0n) is 23.4. The number of carbonyl (C=O) groups is 1. The molecule has 0 saturated heterocycles. The average molecular weight is 504 g/mol. The number of hydrogen-bond acceptors (Lipinski definition) is 4. The van der Waals surface area contributed by atoms with Crippen LogP contribution in [0, 0.1) is 6.57 Å². The Bertz CT molecular complexity index is 1270. The van der Waals surface area contributed by atoms with Crippen molar-refractivity contribution in [1.82, 2.24) is 4.98 Å². The van der Waals surface area contributed by atoms with E-state index in [0.29, 0.717) is 29.1 Å². The molecule has 1 N–H and O–H groups in total. The molecular formula is C31H41N3O3. The molecule has 0 aliphatic rings. The van der Waals surface area contributed by atoms with Crippen LogP contribution in [0.4, 0.5) is 5.69 Å². The van der Waals surface area contributed by atoms with Crippen LogP contribution in [0.25, 0.3) is 15.9 Å². The van der Waals surface area contributed by atoms with Crippen LogP contribution >= 0.6 is 0 Å². The van der Waals surface area contributed by atoms with Crippen molar-refractivity contribution in [2.45, 2.75) is 104 Å². The summed E-state index contributed by atoms with van der Waals surface area (Å²) in [4.78, 5) is 21.1. The Labute approximate surface area is 221 Å². The lowest BCUT2D eigenvalue weighted by molar-refractivity contribution is -0.123. The number of rotatable bonds is 12. The smallest absolute Gasteiger partial charge is 0.289 e. The molecule has 0 spiro atoms. The SMILES string of the molecule is [C-]#[N+]Cc1nc2ccc(NC(=O)C(CCCC)Oc3ccc(C(C)(C)CC)cc3C(C)(C)CC)cc2o1. The fourth-order valence-corrected chi connectivity index (χ4v) is 4.17. The number of anilines is 1. The van der Waals surface area contributed by atoms with Crippen molar-refractivity contribution < 1.29 is 13.9 Å². The Balaban J connectivity index is 1.90. The van der Waals surface area contributed by atoms with Crippen LogP contribution in [0.5, 0.6) is 5.75 Å². The molecule has 3 aromatic rings. The maximum absolute atomic E-state index is 13.4. The van der Waals surface area contributed by atoms with Gasteiger partial charge >= 0.3 is 0 Å². The number of nitrogens with one attached hydrogen (secondary N) is 1. The molecule has 198 valence electrons. The minimum Gasteiger partial charge on any atom is -0.480 e. The second-order valence-electron chi connectivity index (χ2n) is 11.0. The molecular weight excluding hydrogens is 462 g/mol. The van der Waals surface area contributed by atoms with E-state index in [2.05, 4.69) is 75.7 Å². The number of nitrogens with zero attached hydrogens (tertiary/aromatic N) is 2. The second-order valence-corrected chi connectivity index (χ2v) is 11.0. The molecule has 0 saturated carbocycles. The van der Waals surface area contributed by atoms with Gasteiger partial charge in [0.25, 0.3) is 18.3 Å².